The van der Waals surface area contributed by atoms with Crippen LogP contribution >= 0.6 is 0 Å². The van der Waals surface area contributed by atoms with Crippen LogP contribution in [-0.2, 0) is 22.6 Å². The van der Waals surface area contributed by atoms with Crippen LogP contribution in [0.15, 0.2) is 30.5 Å². The molecule has 1 aromatic heterocycles. The van der Waals surface area contributed by atoms with Gasteiger partial charge in [-0.1, -0.05) is 32.3 Å². The summed E-state index contributed by atoms with van der Waals surface area (Å²) in [5.74, 6) is -1.39. The van der Waals surface area contributed by atoms with Crippen molar-refractivity contribution < 1.29 is 18.8 Å². The van der Waals surface area contributed by atoms with Gasteiger partial charge in [0.2, 0.25) is 11.8 Å². The Kier molecular flexibility index (Phi) is 11.5. The van der Waals surface area contributed by atoms with Gasteiger partial charge in [-0.2, -0.15) is 5.10 Å². The molecule has 4 rings (SSSR count). The summed E-state index contributed by atoms with van der Waals surface area (Å²) in [7, 11) is 2.10. The van der Waals surface area contributed by atoms with Gasteiger partial charge < -0.3 is 20.9 Å². The van der Waals surface area contributed by atoms with E-state index in [9.17, 15) is 14.4 Å². The van der Waals surface area contributed by atoms with Gasteiger partial charge in [0, 0.05) is 57.9 Å². The van der Waals surface area contributed by atoms with Gasteiger partial charge in [-0.25, -0.2) is 4.39 Å². The molecule has 2 heterocycles. The van der Waals surface area contributed by atoms with E-state index in [4.69, 9.17) is 0 Å². The van der Waals surface area contributed by atoms with Crippen LogP contribution in [0.25, 0.3) is 0 Å². The number of benzene rings is 1. The highest BCUT2D eigenvalue weighted by molar-refractivity contribution is 6.00. The van der Waals surface area contributed by atoms with Crippen LogP contribution < -0.4 is 16.0 Å². The van der Waals surface area contributed by atoms with Gasteiger partial charge in [0.15, 0.2) is 0 Å². The Morgan fingerprint density at radius 3 is 2.43 bits per heavy atom. The molecule has 2 fully saturated rings. The second-order valence-electron chi connectivity index (χ2n) is 11.6. The van der Waals surface area contributed by atoms with Crippen molar-refractivity contribution in [2.24, 2.45) is 5.92 Å². The van der Waals surface area contributed by atoms with E-state index in [2.05, 4.69) is 37.9 Å². The van der Waals surface area contributed by atoms with Crippen molar-refractivity contribution in [2.75, 3.05) is 45.1 Å². The van der Waals surface area contributed by atoms with Gasteiger partial charge in [-0.15, -0.1) is 0 Å². The first-order valence-corrected chi connectivity index (χ1v) is 15.4. The topological polar surface area (TPSA) is 112 Å². The molecule has 1 saturated heterocycles. The van der Waals surface area contributed by atoms with Gasteiger partial charge in [0.25, 0.3) is 5.91 Å². The molecule has 2 aliphatic rings. The summed E-state index contributed by atoms with van der Waals surface area (Å²) in [5.41, 5.74) is 1.21. The molecule has 2 atom stereocenters. The highest BCUT2D eigenvalue weighted by Gasteiger charge is 2.32. The number of nitrogens with one attached hydrogen (secondary N) is 3. The predicted molar refractivity (Wildman–Crippen MR) is 161 cm³/mol. The molecule has 2 aromatic rings. The number of anilines is 1. The van der Waals surface area contributed by atoms with E-state index < -0.39 is 17.8 Å². The number of amides is 3. The van der Waals surface area contributed by atoms with Crippen molar-refractivity contribution in [3.8, 4) is 0 Å². The van der Waals surface area contributed by atoms with E-state index in [-0.39, 0.29) is 29.5 Å². The van der Waals surface area contributed by atoms with Crippen LogP contribution in [-0.4, -0.2) is 89.2 Å². The first kappa shape index (κ1) is 31.6. The van der Waals surface area contributed by atoms with E-state index in [1.807, 2.05) is 13.8 Å². The average molecular weight is 584 g/mol. The Morgan fingerprint density at radius 1 is 1.02 bits per heavy atom. The molecule has 1 aromatic carbocycles. The van der Waals surface area contributed by atoms with Gasteiger partial charge in [-0.3, -0.25) is 24.0 Å². The van der Waals surface area contributed by atoms with E-state index in [1.165, 1.54) is 6.07 Å². The molecule has 1 saturated carbocycles. The summed E-state index contributed by atoms with van der Waals surface area (Å²) >= 11 is 0. The molecule has 42 heavy (non-hydrogen) atoms. The molecule has 10 nitrogen and oxygen atoms in total. The summed E-state index contributed by atoms with van der Waals surface area (Å²) in [6.07, 6.45) is 7.16. The minimum absolute atomic E-state index is 0.0273. The second kappa shape index (κ2) is 15.2. The normalized spacial score (nSPS) is 18.3. The largest absolute Gasteiger partial charge is 0.352 e. The van der Waals surface area contributed by atoms with Crippen molar-refractivity contribution >= 4 is 23.4 Å². The maximum absolute atomic E-state index is 15.4. The molecule has 0 spiro atoms. The van der Waals surface area contributed by atoms with Crippen molar-refractivity contribution in [2.45, 2.75) is 77.4 Å². The molecule has 230 valence electrons. The van der Waals surface area contributed by atoms with Crippen molar-refractivity contribution in [1.82, 2.24) is 30.2 Å². The third-order valence-corrected chi connectivity index (χ3v) is 8.47. The highest BCUT2D eigenvalue weighted by Crippen LogP contribution is 2.28. The minimum atomic E-state index is -0.783. The third-order valence-electron chi connectivity index (χ3n) is 8.47. The Bertz CT molecular complexity index is 1200. The number of carbonyl (C=O) groups is 3. The Balaban J connectivity index is 1.44. The number of hydrogen-bond acceptors (Lipinski definition) is 6. The lowest BCUT2D eigenvalue weighted by Crippen LogP contribution is -2.51. The second-order valence-corrected chi connectivity index (χ2v) is 11.6. The van der Waals surface area contributed by atoms with Gasteiger partial charge in [0.1, 0.15) is 17.6 Å². The van der Waals surface area contributed by atoms with Crippen LogP contribution in [0.4, 0.5) is 10.1 Å². The molecule has 0 unspecified atom stereocenters. The summed E-state index contributed by atoms with van der Waals surface area (Å²) in [5, 5.41) is 12.9. The monoisotopic (exact) mass is 583 g/mol. The number of halogens is 1. The standard InChI is InChI=1S/C31H46FN7O3/c1-4-28(40)34-24(21-38-17-15-37(3)16-18-38)19-22-11-12-26(25(32)20-22)35-31(42)29(23-9-7-6-8-10-23)36-30(41)27-13-14-33-39(27)5-2/h11-14,20,23-24,29H,4-10,15-19,21H2,1-3H3,(H,34,40)(H,35,42)(H,36,41)/t24-,29+/m1/s1. The molecule has 3 amide bonds. The number of piperazine rings is 1. The molecule has 1 aliphatic carbocycles. The minimum Gasteiger partial charge on any atom is -0.352 e. The van der Waals surface area contributed by atoms with Gasteiger partial charge >= 0.3 is 0 Å². The SMILES string of the molecule is CCC(=O)N[C@H](Cc1ccc(NC(=O)[C@@H](NC(=O)c2ccnn2CC)C2CCCCC2)c(F)c1)CN1CCN(C)CC1. The summed E-state index contributed by atoms with van der Waals surface area (Å²) in [4.78, 5) is 43.5. The zero-order valence-corrected chi connectivity index (χ0v) is 25.2. The smallest absolute Gasteiger partial charge is 0.270 e. The number of rotatable bonds is 12. The Hall–Kier alpha value is -3.31. The molecule has 3 N–H and O–H groups in total. The van der Waals surface area contributed by atoms with E-state index in [0.29, 0.717) is 31.6 Å². The van der Waals surface area contributed by atoms with Gasteiger partial charge in [0.05, 0.1) is 5.69 Å². The lowest BCUT2D eigenvalue weighted by Gasteiger charge is -2.35. The Morgan fingerprint density at radius 2 is 1.76 bits per heavy atom. The lowest BCUT2D eigenvalue weighted by molar-refractivity contribution is -0.121. The molecule has 11 heteroatoms. The predicted octanol–water partition coefficient (Wildman–Crippen LogP) is 3.04. The van der Waals surface area contributed by atoms with Crippen LogP contribution in [0, 0.1) is 11.7 Å². The van der Waals surface area contributed by atoms with Crippen LogP contribution in [0.3, 0.4) is 0 Å². The maximum atomic E-state index is 15.4. The molecule has 0 radical (unpaired) electrons. The number of hydrogen-bond donors (Lipinski definition) is 3. The first-order chi connectivity index (χ1) is 20.3. The molecular formula is C31H46FN7O3. The number of likely N-dealkylation sites (N-methyl/N-ethyl adjacent to an activating group) is 1. The van der Waals surface area contributed by atoms with Crippen LogP contribution in [0.1, 0.15) is 68.4 Å². The van der Waals surface area contributed by atoms with E-state index >= 15 is 4.39 Å². The summed E-state index contributed by atoms with van der Waals surface area (Å²) in [6.45, 7) is 8.74. The summed E-state index contributed by atoms with van der Waals surface area (Å²) < 4.78 is 17.0. The number of aryl methyl sites for hydroxylation is 1. The summed E-state index contributed by atoms with van der Waals surface area (Å²) in [6, 6.07) is 5.49. The fourth-order valence-electron chi connectivity index (χ4n) is 5.97. The van der Waals surface area contributed by atoms with E-state index in [0.717, 1.165) is 63.8 Å². The first-order valence-electron chi connectivity index (χ1n) is 15.4. The zero-order chi connectivity index (χ0) is 30.1. The number of carbonyl (C=O) groups excluding carboxylic acids is 3. The van der Waals surface area contributed by atoms with Crippen molar-refractivity contribution in [3.63, 3.8) is 0 Å². The quantitative estimate of drug-likeness (QED) is 0.354. The Labute approximate surface area is 248 Å². The van der Waals surface area contributed by atoms with Crippen LogP contribution in [0.5, 0.6) is 0 Å². The fourth-order valence-corrected chi connectivity index (χ4v) is 5.97. The number of nitrogens with zero attached hydrogens (tertiary/aromatic N) is 4. The van der Waals surface area contributed by atoms with Crippen molar-refractivity contribution in [3.05, 3.63) is 47.5 Å². The number of aromatic nitrogens is 2. The van der Waals surface area contributed by atoms with Gasteiger partial charge in [-0.05, 0) is 62.9 Å². The fraction of sp³-hybridized carbons (Fsp3) is 0.613. The third kappa shape index (κ3) is 8.61. The average Bonchev–Trinajstić information content (AvgIpc) is 3.48. The maximum Gasteiger partial charge on any atom is 0.270 e. The van der Waals surface area contributed by atoms with Crippen LogP contribution in [0.2, 0.25) is 0 Å². The zero-order valence-electron chi connectivity index (χ0n) is 25.2. The highest BCUT2D eigenvalue weighted by atomic mass is 19.1. The lowest BCUT2D eigenvalue weighted by atomic mass is 9.83. The molecule has 1 aliphatic heterocycles. The van der Waals surface area contributed by atoms with E-state index in [1.54, 1.807) is 29.1 Å². The molecular weight excluding hydrogens is 537 g/mol. The molecule has 0 bridgehead atoms. The van der Waals surface area contributed by atoms with Crippen molar-refractivity contribution in [1.29, 1.82) is 0 Å².